The van der Waals surface area contributed by atoms with Crippen LogP contribution in [0.5, 0.6) is 0 Å². The van der Waals surface area contributed by atoms with Gasteiger partial charge >= 0.3 is 12.1 Å². The lowest BCUT2D eigenvalue weighted by Gasteiger charge is -2.32. The number of rotatable bonds is 10. The molecular weight excluding hydrogens is 386 g/mol. The van der Waals surface area contributed by atoms with E-state index in [2.05, 4.69) is 20.0 Å². The molecule has 1 aromatic rings. The highest BCUT2D eigenvalue weighted by Gasteiger charge is 2.42. The van der Waals surface area contributed by atoms with Crippen LogP contribution in [0.2, 0.25) is 19.1 Å². The molecule has 0 radical (unpaired) electrons. The van der Waals surface area contributed by atoms with E-state index in [9.17, 15) is 9.59 Å². The van der Waals surface area contributed by atoms with Gasteiger partial charge in [0.1, 0.15) is 6.61 Å². The highest BCUT2D eigenvalue weighted by molar-refractivity contribution is 6.71. The SMILES string of the molecule is CCCC[Si](C)(C)OC1CCN(C(=O)OCc2ccccc2)C1CC(=O)OCC. The van der Waals surface area contributed by atoms with Gasteiger partial charge in [0.15, 0.2) is 8.32 Å². The zero-order chi connectivity index (χ0) is 21.3. The fraction of sp³-hybridized carbons (Fsp3) is 0.636. The Morgan fingerprint density at radius 3 is 2.52 bits per heavy atom. The first-order valence-electron chi connectivity index (χ1n) is 10.7. The van der Waals surface area contributed by atoms with Crippen molar-refractivity contribution < 1.29 is 23.5 Å². The average Bonchev–Trinajstić information content (AvgIpc) is 3.07. The molecule has 29 heavy (non-hydrogen) atoms. The number of esters is 1. The molecule has 1 aliphatic heterocycles. The highest BCUT2D eigenvalue weighted by Crippen LogP contribution is 2.29. The molecule has 1 aliphatic rings. The van der Waals surface area contributed by atoms with Gasteiger partial charge in [-0.15, -0.1) is 0 Å². The molecule has 0 aliphatic carbocycles. The lowest BCUT2D eigenvalue weighted by molar-refractivity contribution is -0.144. The van der Waals surface area contributed by atoms with E-state index >= 15 is 0 Å². The molecule has 0 aromatic heterocycles. The molecule has 1 heterocycles. The molecule has 2 unspecified atom stereocenters. The molecule has 2 rings (SSSR count). The Morgan fingerprint density at radius 1 is 1.14 bits per heavy atom. The first-order chi connectivity index (χ1) is 13.9. The maximum atomic E-state index is 12.8. The third-order valence-corrected chi connectivity index (χ3v) is 7.71. The van der Waals surface area contributed by atoms with Crippen LogP contribution in [-0.4, -0.2) is 50.6 Å². The predicted octanol–water partition coefficient (Wildman–Crippen LogP) is 4.74. The molecule has 1 aromatic carbocycles. The standard InChI is InChI=1S/C22H35NO5Si/c1-5-7-15-29(3,4)28-20-13-14-23(19(20)16-21(24)26-6-2)22(25)27-17-18-11-9-8-10-12-18/h8-12,19-20H,5-7,13-17H2,1-4H3. The lowest BCUT2D eigenvalue weighted by Crippen LogP contribution is -2.46. The number of benzene rings is 1. The van der Waals surface area contributed by atoms with Crippen LogP contribution in [0, 0.1) is 0 Å². The van der Waals surface area contributed by atoms with Gasteiger partial charge in [0.05, 0.1) is 25.2 Å². The van der Waals surface area contributed by atoms with Crippen molar-refractivity contribution in [2.24, 2.45) is 0 Å². The summed E-state index contributed by atoms with van der Waals surface area (Å²) in [5.41, 5.74) is 0.933. The van der Waals surface area contributed by atoms with Crippen molar-refractivity contribution in [1.29, 1.82) is 0 Å². The minimum absolute atomic E-state index is 0.136. The number of amides is 1. The topological polar surface area (TPSA) is 65.1 Å². The number of unbranched alkanes of at least 4 members (excludes halogenated alkanes) is 1. The first-order valence-corrected chi connectivity index (χ1v) is 13.8. The van der Waals surface area contributed by atoms with Gasteiger partial charge in [0, 0.05) is 6.54 Å². The van der Waals surface area contributed by atoms with E-state index in [1.165, 1.54) is 0 Å². The summed E-state index contributed by atoms with van der Waals surface area (Å²) >= 11 is 0. The molecule has 0 bridgehead atoms. The minimum atomic E-state index is -1.87. The number of likely N-dealkylation sites (tertiary alicyclic amines) is 1. The van der Waals surface area contributed by atoms with Crippen molar-refractivity contribution in [3.8, 4) is 0 Å². The third-order valence-electron chi connectivity index (χ3n) is 5.21. The molecule has 162 valence electrons. The van der Waals surface area contributed by atoms with Crippen LogP contribution in [0.25, 0.3) is 0 Å². The van der Waals surface area contributed by atoms with Crippen molar-refractivity contribution >= 4 is 20.4 Å². The predicted molar refractivity (Wildman–Crippen MR) is 115 cm³/mol. The van der Waals surface area contributed by atoms with Gasteiger partial charge in [-0.3, -0.25) is 4.79 Å². The zero-order valence-electron chi connectivity index (χ0n) is 18.2. The number of hydrogen-bond donors (Lipinski definition) is 0. The summed E-state index contributed by atoms with van der Waals surface area (Å²) in [5, 5.41) is 0. The van der Waals surface area contributed by atoms with E-state index in [1.54, 1.807) is 11.8 Å². The van der Waals surface area contributed by atoms with Gasteiger partial charge in [-0.05, 0) is 38.0 Å². The Bertz CT molecular complexity index is 652. The summed E-state index contributed by atoms with van der Waals surface area (Å²) in [7, 11) is -1.87. The Morgan fingerprint density at radius 2 is 1.86 bits per heavy atom. The summed E-state index contributed by atoms with van der Waals surface area (Å²) in [6, 6.07) is 10.3. The molecule has 1 saturated heterocycles. The van der Waals surface area contributed by atoms with Crippen LogP contribution in [0.4, 0.5) is 4.79 Å². The zero-order valence-corrected chi connectivity index (χ0v) is 19.2. The molecule has 0 spiro atoms. The molecule has 6 nitrogen and oxygen atoms in total. The average molecular weight is 422 g/mol. The Kier molecular flexibility index (Phi) is 9.17. The highest BCUT2D eigenvalue weighted by atomic mass is 28.4. The largest absolute Gasteiger partial charge is 0.466 e. The quantitative estimate of drug-likeness (QED) is 0.403. The molecule has 0 N–H and O–H groups in total. The summed E-state index contributed by atoms with van der Waals surface area (Å²) in [5.74, 6) is -0.304. The van der Waals surface area contributed by atoms with Gasteiger partial charge in [-0.2, -0.15) is 0 Å². The van der Waals surface area contributed by atoms with Crippen LogP contribution in [0.1, 0.15) is 45.1 Å². The van der Waals surface area contributed by atoms with Crippen LogP contribution in [-0.2, 0) is 25.3 Å². The number of ether oxygens (including phenoxy) is 2. The maximum Gasteiger partial charge on any atom is 0.410 e. The molecule has 0 saturated carbocycles. The lowest BCUT2D eigenvalue weighted by atomic mass is 10.1. The molecule has 7 heteroatoms. The van der Waals surface area contributed by atoms with Gasteiger partial charge in [0.25, 0.3) is 0 Å². The van der Waals surface area contributed by atoms with Crippen LogP contribution in [0.15, 0.2) is 30.3 Å². The summed E-state index contributed by atoms with van der Waals surface area (Å²) in [6.45, 7) is 9.44. The maximum absolute atomic E-state index is 12.8. The Balaban J connectivity index is 2.04. The van der Waals surface area contributed by atoms with Crippen LogP contribution >= 0.6 is 0 Å². The molecular formula is C22H35NO5Si. The van der Waals surface area contributed by atoms with E-state index in [1.807, 2.05) is 30.3 Å². The van der Waals surface area contributed by atoms with E-state index in [0.717, 1.165) is 24.4 Å². The van der Waals surface area contributed by atoms with E-state index in [-0.39, 0.29) is 31.1 Å². The number of hydrogen-bond acceptors (Lipinski definition) is 5. The summed E-state index contributed by atoms with van der Waals surface area (Å²) in [6.07, 6.45) is 2.57. The van der Waals surface area contributed by atoms with Crippen molar-refractivity contribution in [2.45, 2.75) is 77.4 Å². The van der Waals surface area contributed by atoms with E-state index < -0.39 is 14.4 Å². The Hall–Kier alpha value is -1.86. The van der Waals surface area contributed by atoms with Crippen molar-refractivity contribution in [3.63, 3.8) is 0 Å². The third kappa shape index (κ3) is 7.47. The van der Waals surface area contributed by atoms with Gasteiger partial charge < -0.3 is 18.8 Å². The monoisotopic (exact) mass is 421 g/mol. The van der Waals surface area contributed by atoms with Gasteiger partial charge in [-0.25, -0.2) is 4.79 Å². The minimum Gasteiger partial charge on any atom is -0.466 e. The second kappa shape index (κ2) is 11.4. The molecule has 2 atom stereocenters. The van der Waals surface area contributed by atoms with E-state index in [0.29, 0.717) is 19.6 Å². The van der Waals surface area contributed by atoms with Gasteiger partial charge in [0.2, 0.25) is 0 Å². The van der Waals surface area contributed by atoms with Crippen molar-refractivity contribution in [2.75, 3.05) is 13.2 Å². The number of carbonyl (C=O) groups is 2. The van der Waals surface area contributed by atoms with Gasteiger partial charge in [-0.1, -0.05) is 50.1 Å². The fourth-order valence-corrected chi connectivity index (χ4v) is 6.11. The molecule has 1 amide bonds. The first kappa shape index (κ1) is 23.4. The fourth-order valence-electron chi connectivity index (χ4n) is 3.70. The summed E-state index contributed by atoms with van der Waals surface area (Å²) < 4.78 is 17.2. The molecule has 1 fully saturated rings. The number of carbonyl (C=O) groups excluding carboxylic acids is 2. The second-order valence-electron chi connectivity index (χ2n) is 8.12. The second-order valence-corrected chi connectivity index (χ2v) is 12.4. The summed E-state index contributed by atoms with van der Waals surface area (Å²) in [4.78, 5) is 26.6. The number of nitrogens with zero attached hydrogens (tertiary/aromatic N) is 1. The van der Waals surface area contributed by atoms with Crippen LogP contribution in [0.3, 0.4) is 0 Å². The van der Waals surface area contributed by atoms with E-state index in [4.69, 9.17) is 13.9 Å². The smallest absolute Gasteiger partial charge is 0.410 e. The van der Waals surface area contributed by atoms with Crippen LogP contribution < -0.4 is 0 Å². The normalized spacial score (nSPS) is 19.2. The Labute approximate surface area is 175 Å². The van der Waals surface area contributed by atoms with Crippen molar-refractivity contribution in [1.82, 2.24) is 4.90 Å². The van der Waals surface area contributed by atoms with Crippen molar-refractivity contribution in [3.05, 3.63) is 35.9 Å².